The Balaban J connectivity index is 2.09. The second-order valence-electron chi connectivity index (χ2n) is 6.58. The smallest absolute Gasteiger partial charge is 0.242 e. The van der Waals surface area contributed by atoms with Gasteiger partial charge in [0.2, 0.25) is 17.7 Å². The molecule has 2 fully saturated rings. The van der Waals surface area contributed by atoms with Gasteiger partial charge >= 0.3 is 0 Å². The van der Waals surface area contributed by atoms with E-state index in [4.69, 9.17) is 10.5 Å². The maximum Gasteiger partial charge on any atom is 0.242 e. The Morgan fingerprint density at radius 2 is 2.00 bits per heavy atom. The second-order valence-corrected chi connectivity index (χ2v) is 6.58. The van der Waals surface area contributed by atoms with Crippen molar-refractivity contribution in [1.29, 1.82) is 0 Å². The van der Waals surface area contributed by atoms with E-state index in [1.165, 1.54) is 0 Å². The highest BCUT2D eigenvalue weighted by atomic mass is 16.5. The molecular formula is C16H27N3O4. The van der Waals surface area contributed by atoms with Crippen molar-refractivity contribution in [3.8, 4) is 0 Å². The molecule has 23 heavy (non-hydrogen) atoms. The van der Waals surface area contributed by atoms with Gasteiger partial charge in [0, 0.05) is 26.6 Å². The highest BCUT2D eigenvalue weighted by Crippen LogP contribution is 2.33. The Morgan fingerprint density at radius 3 is 2.70 bits per heavy atom. The summed E-state index contributed by atoms with van der Waals surface area (Å²) in [7, 11) is 1.56. The number of carbonyl (C=O) groups excluding carboxylic acids is 3. The lowest BCUT2D eigenvalue weighted by Crippen LogP contribution is -2.55. The topological polar surface area (TPSA) is 92.9 Å². The molecule has 0 aromatic carbocycles. The van der Waals surface area contributed by atoms with Crippen LogP contribution in [0.4, 0.5) is 0 Å². The van der Waals surface area contributed by atoms with Crippen molar-refractivity contribution in [2.24, 2.45) is 5.73 Å². The monoisotopic (exact) mass is 325 g/mol. The number of likely N-dealkylation sites (tertiary alicyclic amines) is 2. The predicted octanol–water partition coefficient (Wildman–Crippen LogP) is 0.272. The summed E-state index contributed by atoms with van der Waals surface area (Å²) in [5.41, 5.74) is 4.72. The van der Waals surface area contributed by atoms with Crippen molar-refractivity contribution < 1.29 is 19.1 Å². The molecule has 2 N–H and O–H groups in total. The van der Waals surface area contributed by atoms with Crippen LogP contribution in [-0.2, 0) is 19.1 Å². The van der Waals surface area contributed by atoms with E-state index >= 15 is 0 Å². The van der Waals surface area contributed by atoms with Crippen molar-refractivity contribution in [3.63, 3.8) is 0 Å². The number of nitrogens with two attached hydrogens (primary N) is 1. The average Bonchev–Trinajstić information content (AvgIpc) is 2.77. The molecule has 0 spiro atoms. The summed E-state index contributed by atoms with van der Waals surface area (Å²) in [6.07, 6.45) is 4.97. The van der Waals surface area contributed by atoms with Crippen molar-refractivity contribution in [2.75, 3.05) is 33.4 Å². The van der Waals surface area contributed by atoms with Crippen LogP contribution in [0.2, 0.25) is 0 Å². The van der Waals surface area contributed by atoms with Gasteiger partial charge < -0.3 is 20.3 Å². The average molecular weight is 325 g/mol. The molecule has 0 bridgehead atoms. The predicted molar refractivity (Wildman–Crippen MR) is 84.4 cm³/mol. The van der Waals surface area contributed by atoms with Gasteiger partial charge in [0.1, 0.15) is 0 Å². The van der Waals surface area contributed by atoms with E-state index < -0.39 is 11.4 Å². The van der Waals surface area contributed by atoms with Crippen LogP contribution in [0.1, 0.15) is 44.9 Å². The zero-order chi connectivity index (χ0) is 16.9. The first-order chi connectivity index (χ1) is 11.0. The second kappa shape index (κ2) is 7.77. The van der Waals surface area contributed by atoms with Gasteiger partial charge in [-0.2, -0.15) is 0 Å². The number of hydrogen-bond donors (Lipinski definition) is 1. The molecule has 0 saturated carbocycles. The highest BCUT2D eigenvalue weighted by molar-refractivity contribution is 5.86. The minimum Gasteiger partial charge on any atom is -0.382 e. The summed E-state index contributed by atoms with van der Waals surface area (Å²) in [4.78, 5) is 39.7. The van der Waals surface area contributed by atoms with Gasteiger partial charge in [-0.25, -0.2) is 0 Å². The van der Waals surface area contributed by atoms with Gasteiger partial charge in [-0.3, -0.25) is 14.4 Å². The zero-order valence-corrected chi connectivity index (χ0v) is 13.9. The fourth-order valence-electron chi connectivity index (χ4n) is 3.76. The van der Waals surface area contributed by atoms with Crippen molar-refractivity contribution in [3.05, 3.63) is 0 Å². The Bertz CT molecular complexity index is 468. The van der Waals surface area contributed by atoms with Crippen LogP contribution in [0, 0.1) is 0 Å². The van der Waals surface area contributed by atoms with E-state index in [9.17, 15) is 14.4 Å². The summed E-state index contributed by atoms with van der Waals surface area (Å²) in [5.74, 6) is -0.508. The first kappa shape index (κ1) is 17.7. The molecule has 7 nitrogen and oxygen atoms in total. The fraction of sp³-hybridized carbons (Fsp3) is 0.812. The number of hydrogen-bond acceptors (Lipinski definition) is 4. The van der Waals surface area contributed by atoms with Crippen LogP contribution in [0.15, 0.2) is 0 Å². The summed E-state index contributed by atoms with van der Waals surface area (Å²) in [6.45, 7) is 1.59. The van der Waals surface area contributed by atoms with E-state index in [1.54, 1.807) is 16.9 Å². The Morgan fingerprint density at radius 1 is 1.22 bits per heavy atom. The van der Waals surface area contributed by atoms with Crippen LogP contribution in [-0.4, -0.2) is 66.4 Å². The molecule has 3 amide bonds. The Kier molecular flexibility index (Phi) is 5.98. The first-order valence-electron chi connectivity index (χ1n) is 8.34. The Labute approximate surface area is 137 Å². The number of ether oxygens (including phenoxy) is 1. The summed E-state index contributed by atoms with van der Waals surface area (Å²) >= 11 is 0. The fourth-order valence-corrected chi connectivity index (χ4v) is 3.76. The molecule has 2 saturated heterocycles. The molecule has 130 valence electrons. The zero-order valence-electron chi connectivity index (χ0n) is 13.9. The summed E-state index contributed by atoms with van der Waals surface area (Å²) in [6, 6.07) is 0. The van der Waals surface area contributed by atoms with Gasteiger partial charge in [-0.1, -0.05) is 6.42 Å². The lowest BCUT2D eigenvalue weighted by molar-refractivity contribution is -0.145. The standard InChI is InChI=1S/C16H27N3O4/c1-23-12-16(10-13(17)20)7-5-9-19(16)15(22)11-18-8-4-2-3-6-14(18)21/h2-12H2,1H3,(H2,17,20)/t16-/m0/s1. The van der Waals surface area contributed by atoms with E-state index in [2.05, 4.69) is 0 Å². The lowest BCUT2D eigenvalue weighted by atomic mass is 9.92. The minimum atomic E-state index is -0.660. The van der Waals surface area contributed by atoms with Crippen LogP contribution < -0.4 is 5.73 Å². The molecule has 2 aliphatic rings. The van der Waals surface area contributed by atoms with Gasteiger partial charge in [-0.05, 0) is 25.7 Å². The largest absolute Gasteiger partial charge is 0.382 e. The minimum absolute atomic E-state index is 0.0438. The van der Waals surface area contributed by atoms with Crippen LogP contribution in [0.3, 0.4) is 0 Å². The molecule has 0 aromatic heterocycles. The number of nitrogens with zero attached hydrogens (tertiary/aromatic N) is 2. The molecule has 0 radical (unpaired) electrons. The molecule has 0 aromatic rings. The van der Waals surface area contributed by atoms with Crippen LogP contribution in [0.25, 0.3) is 0 Å². The third-order valence-electron chi connectivity index (χ3n) is 4.81. The number of amides is 3. The summed E-state index contributed by atoms with van der Waals surface area (Å²) in [5, 5.41) is 0. The van der Waals surface area contributed by atoms with E-state index in [-0.39, 0.29) is 31.4 Å². The number of carbonyl (C=O) groups is 3. The number of rotatable bonds is 6. The molecule has 2 heterocycles. The van der Waals surface area contributed by atoms with Gasteiger partial charge in [0.05, 0.1) is 25.1 Å². The molecule has 7 heteroatoms. The Hall–Kier alpha value is -1.63. The van der Waals surface area contributed by atoms with Gasteiger partial charge in [0.25, 0.3) is 0 Å². The third kappa shape index (κ3) is 4.22. The third-order valence-corrected chi connectivity index (χ3v) is 4.81. The van der Waals surface area contributed by atoms with Gasteiger partial charge in [0.15, 0.2) is 0 Å². The molecule has 0 aliphatic carbocycles. The van der Waals surface area contributed by atoms with Gasteiger partial charge in [-0.15, -0.1) is 0 Å². The lowest BCUT2D eigenvalue weighted by Gasteiger charge is -2.38. The maximum absolute atomic E-state index is 12.8. The van der Waals surface area contributed by atoms with Crippen molar-refractivity contribution >= 4 is 17.7 Å². The van der Waals surface area contributed by atoms with Crippen LogP contribution >= 0.6 is 0 Å². The van der Waals surface area contributed by atoms with E-state index in [1.807, 2.05) is 0 Å². The van der Waals surface area contributed by atoms with Crippen molar-refractivity contribution in [2.45, 2.75) is 50.5 Å². The SMILES string of the molecule is COC[C@@]1(CC(N)=O)CCCN1C(=O)CN1CCCCCC1=O. The van der Waals surface area contributed by atoms with Crippen LogP contribution in [0.5, 0.6) is 0 Å². The van der Waals surface area contributed by atoms with E-state index in [0.29, 0.717) is 25.9 Å². The molecular weight excluding hydrogens is 298 g/mol. The quantitative estimate of drug-likeness (QED) is 0.759. The van der Waals surface area contributed by atoms with Crippen molar-refractivity contribution in [1.82, 2.24) is 9.80 Å². The first-order valence-corrected chi connectivity index (χ1v) is 8.34. The van der Waals surface area contributed by atoms with E-state index in [0.717, 1.165) is 25.7 Å². The summed E-state index contributed by atoms with van der Waals surface area (Å²) < 4.78 is 5.26. The highest BCUT2D eigenvalue weighted by Gasteiger charge is 2.45. The molecule has 2 rings (SSSR count). The normalized spacial score (nSPS) is 25.5. The molecule has 2 aliphatic heterocycles. The number of primary amides is 1. The molecule has 1 atom stereocenters. The maximum atomic E-state index is 12.8. The number of methoxy groups -OCH3 is 1. The molecule has 0 unspecified atom stereocenters.